The van der Waals surface area contributed by atoms with E-state index in [-0.39, 0.29) is 17.8 Å². The van der Waals surface area contributed by atoms with Crippen LogP contribution in [-0.4, -0.2) is 25.3 Å². The highest BCUT2D eigenvalue weighted by molar-refractivity contribution is 7.95. The molecule has 32 heavy (non-hydrogen) atoms. The van der Waals surface area contributed by atoms with Gasteiger partial charge in [0.25, 0.3) is 15.9 Å². The van der Waals surface area contributed by atoms with Crippen LogP contribution in [0.3, 0.4) is 0 Å². The Morgan fingerprint density at radius 1 is 0.969 bits per heavy atom. The Morgan fingerprint density at radius 2 is 1.62 bits per heavy atom. The van der Waals surface area contributed by atoms with Crippen molar-refractivity contribution in [3.05, 3.63) is 107 Å². The minimum atomic E-state index is -3.69. The highest BCUT2D eigenvalue weighted by atomic mass is 32.2. The molecule has 0 heterocycles. The Hall–Kier alpha value is -3.45. The second-order valence-corrected chi connectivity index (χ2v) is 9.29. The first-order valence-electron chi connectivity index (χ1n) is 10.3. The number of nitrogens with zero attached hydrogens (tertiary/aromatic N) is 1. The summed E-state index contributed by atoms with van der Waals surface area (Å²) in [5.41, 5.74) is 2.49. The molecule has 1 fully saturated rings. The summed E-state index contributed by atoms with van der Waals surface area (Å²) in [5.74, 6) is -0.440. The van der Waals surface area contributed by atoms with Crippen LogP contribution in [0.2, 0.25) is 0 Å². The molecule has 0 bridgehead atoms. The number of sulfonamides is 1. The maximum atomic E-state index is 13.2. The summed E-state index contributed by atoms with van der Waals surface area (Å²) in [6.45, 7) is 0.405. The Kier molecular flexibility index (Phi) is 6.37. The molecule has 5 nitrogen and oxygen atoms in total. The molecule has 3 aromatic rings. The lowest BCUT2D eigenvalue weighted by Crippen LogP contribution is -2.32. The molecule has 164 valence electrons. The Balaban J connectivity index is 1.43. The topological polar surface area (TPSA) is 66.5 Å². The van der Waals surface area contributed by atoms with Crippen LogP contribution in [0.5, 0.6) is 0 Å². The van der Waals surface area contributed by atoms with Gasteiger partial charge in [-0.2, -0.15) is 0 Å². The Labute approximate surface area is 187 Å². The average Bonchev–Trinajstić information content (AvgIpc) is 3.63. The van der Waals surface area contributed by atoms with Gasteiger partial charge in [-0.3, -0.25) is 9.52 Å². The third-order valence-electron chi connectivity index (χ3n) is 5.15. The maximum Gasteiger partial charge on any atom is 0.255 e. The van der Waals surface area contributed by atoms with Crippen LogP contribution in [0.1, 0.15) is 34.3 Å². The Bertz CT molecular complexity index is 1200. The molecule has 1 amide bonds. The highest BCUT2D eigenvalue weighted by Crippen LogP contribution is 2.30. The van der Waals surface area contributed by atoms with Crippen molar-refractivity contribution in [2.45, 2.75) is 25.4 Å². The molecule has 0 spiro atoms. The molecular weight excluding hydrogens is 427 g/mol. The molecule has 1 aliphatic rings. The van der Waals surface area contributed by atoms with Crippen molar-refractivity contribution >= 4 is 27.7 Å². The minimum absolute atomic E-state index is 0.129. The van der Waals surface area contributed by atoms with Crippen LogP contribution >= 0.6 is 0 Å². The van der Waals surface area contributed by atoms with Gasteiger partial charge in [0.1, 0.15) is 5.82 Å². The summed E-state index contributed by atoms with van der Waals surface area (Å²) >= 11 is 0. The van der Waals surface area contributed by atoms with Gasteiger partial charge < -0.3 is 4.90 Å². The summed E-state index contributed by atoms with van der Waals surface area (Å²) in [4.78, 5) is 14.8. The Morgan fingerprint density at radius 3 is 2.25 bits per heavy atom. The lowest BCUT2D eigenvalue weighted by molar-refractivity contribution is 0.0730. The normalized spacial score (nSPS) is 13.8. The van der Waals surface area contributed by atoms with Gasteiger partial charge in [-0.05, 0) is 66.4 Å². The SMILES string of the molecule is O=C(c1ccc(NS(=O)(=O)/C=C/c2ccccc2)cc1)N(Cc1ccc(F)cc1)C1CC1. The van der Waals surface area contributed by atoms with Gasteiger partial charge in [0.05, 0.1) is 5.41 Å². The fourth-order valence-corrected chi connectivity index (χ4v) is 4.19. The predicted octanol–water partition coefficient (Wildman–Crippen LogP) is 5.04. The van der Waals surface area contributed by atoms with E-state index in [1.807, 2.05) is 30.3 Å². The zero-order chi connectivity index (χ0) is 22.6. The summed E-state index contributed by atoms with van der Waals surface area (Å²) in [7, 11) is -3.69. The van der Waals surface area contributed by atoms with Gasteiger partial charge >= 0.3 is 0 Å². The van der Waals surface area contributed by atoms with Gasteiger partial charge in [-0.25, -0.2) is 12.8 Å². The van der Waals surface area contributed by atoms with Gasteiger partial charge in [0, 0.05) is 23.8 Å². The fraction of sp³-hybridized carbons (Fsp3) is 0.160. The van der Waals surface area contributed by atoms with Crippen LogP contribution in [0, 0.1) is 5.82 Å². The van der Waals surface area contributed by atoms with E-state index in [0.717, 1.165) is 29.4 Å². The van der Waals surface area contributed by atoms with E-state index in [9.17, 15) is 17.6 Å². The van der Waals surface area contributed by atoms with Crippen LogP contribution in [0.15, 0.2) is 84.3 Å². The average molecular weight is 451 g/mol. The van der Waals surface area contributed by atoms with E-state index in [1.54, 1.807) is 41.3 Å². The molecule has 0 saturated heterocycles. The number of hydrogen-bond acceptors (Lipinski definition) is 3. The number of anilines is 1. The zero-order valence-electron chi connectivity index (χ0n) is 17.3. The van der Waals surface area contributed by atoms with Gasteiger partial charge in [-0.15, -0.1) is 0 Å². The number of halogens is 1. The van der Waals surface area contributed by atoms with Gasteiger partial charge in [0.2, 0.25) is 0 Å². The monoisotopic (exact) mass is 450 g/mol. The first-order chi connectivity index (χ1) is 15.4. The van der Waals surface area contributed by atoms with Crippen LogP contribution in [0.25, 0.3) is 6.08 Å². The van der Waals surface area contributed by atoms with Crippen LogP contribution in [-0.2, 0) is 16.6 Å². The van der Waals surface area contributed by atoms with E-state index in [1.165, 1.54) is 18.2 Å². The molecule has 3 aromatic carbocycles. The minimum Gasteiger partial charge on any atom is -0.331 e. The molecule has 7 heteroatoms. The number of rotatable bonds is 8. The van der Waals surface area contributed by atoms with E-state index in [4.69, 9.17) is 0 Å². The fourth-order valence-electron chi connectivity index (χ4n) is 3.32. The van der Waals surface area contributed by atoms with Gasteiger partial charge in [0.15, 0.2) is 0 Å². The second-order valence-electron chi connectivity index (χ2n) is 7.73. The third-order valence-corrected chi connectivity index (χ3v) is 6.16. The van der Waals surface area contributed by atoms with Crippen molar-refractivity contribution in [3.63, 3.8) is 0 Å². The van der Waals surface area contributed by atoms with E-state index in [0.29, 0.717) is 17.8 Å². The second kappa shape index (κ2) is 9.36. The summed E-state index contributed by atoms with van der Waals surface area (Å²) in [5, 5.41) is 1.11. The van der Waals surface area contributed by atoms with Crippen molar-refractivity contribution in [2.75, 3.05) is 4.72 Å². The molecule has 0 aliphatic heterocycles. The van der Waals surface area contributed by atoms with Crippen molar-refractivity contribution < 1.29 is 17.6 Å². The highest BCUT2D eigenvalue weighted by Gasteiger charge is 2.33. The molecule has 4 rings (SSSR count). The van der Waals surface area contributed by atoms with Gasteiger partial charge in [-0.1, -0.05) is 42.5 Å². The first kappa shape index (κ1) is 21.8. The standard InChI is InChI=1S/C25H23FN2O3S/c26-22-10-6-20(7-11-22)18-28(24-14-15-24)25(29)21-8-12-23(13-9-21)27-32(30,31)17-16-19-4-2-1-3-5-19/h1-13,16-17,24,27H,14-15,18H2/b17-16+. The quantitative estimate of drug-likeness (QED) is 0.523. The summed E-state index contributed by atoms with van der Waals surface area (Å²) < 4.78 is 40.3. The largest absolute Gasteiger partial charge is 0.331 e. The first-order valence-corrected chi connectivity index (χ1v) is 11.9. The summed E-state index contributed by atoms with van der Waals surface area (Å²) in [6.07, 6.45) is 3.40. The number of carbonyl (C=O) groups is 1. The molecule has 0 atom stereocenters. The van der Waals surface area contributed by atoms with E-state index >= 15 is 0 Å². The van der Waals surface area contributed by atoms with E-state index in [2.05, 4.69) is 4.72 Å². The number of amides is 1. The van der Waals surface area contributed by atoms with E-state index < -0.39 is 10.0 Å². The number of benzene rings is 3. The maximum absolute atomic E-state index is 13.2. The van der Waals surface area contributed by atoms with Crippen molar-refractivity contribution in [3.8, 4) is 0 Å². The zero-order valence-corrected chi connectivity index (χ0v) is 18.1. The van der Waals surface area contributed by atoms with Crippen LogP contribution < -0.4 is 4.72 Å². The number of carbonyl (C=O) groups excluding carboxylic acids is 1. The van der Waals surface area contributed by atoms with Crippen molar-refractivity contribution in [2.24, 2.45) is 0 Å². The van der Waals surface area contributed by atoms with Crippen molar-refractivity contribution in [1.82, 2.24) is 4.90 Å². The van der Waals surface area contributed by atoms with Crippen LogP contribution in [0.4, 0.5) is 10.1 Å². The molecule has 1 aliphatic carbocycles. The molecular formula is C25H23FN2O3S. The molecule has 0 unspecified atom stereocenters. The third kappa shape index (κ3) is 5.82. The molecule has 1 saturated carbocycles. The molecule has 1 N–H and O–H groups in total. The predicted molar refractivity (Wildman–Crippen MR) is 124 cm³/mol. The van der Waals surface area contributed by atoms with Crippen molar-refractivity contribution in [1.29, 1.82) is 0 Å². The summed E-state index contributed by atoms with van der Waals surface area (Å²) in [6, 6.07) is 21.8. The smallest absolute Gasteiger partial charge is 0.255 e. The lowest BCUT2D eigenvalue weighted by Gasteiger charge is -2.23. The lowest BCUT2D eigenvalue weighted by atomic mass is 10.1. The molecule has 0 radical (unpaired) electrons. The molecule has 0 aromatic heterocycles. The number of nitrogens with one attached hydrogen (secondary N) is 1. The number of hydrogen-bond donors (Lipinski definition) is 1.